The molecule has 0 fully saturated rings. The molecule has 3 heteroatoms. The van der Waals surface area contributed by atoms with Gasteiger partial charge in [-0.05, 0) is 40.1 Å². The van der Waals surface area contributed by atoms with Crippen LogP contribution in [0.2, 0.25) is 0 Å². The van der Waals surface area contributed by atoms with Crippen molar-refractivity contribution in [3.05, 3.63) is 56.7 Å². The van der Waals surface area contributed by atoms with E-state index in [2.05, 4.69) is 56.3 Å². The average molecular weight is 282 g/mol. The van der Waals surface area contributed by atoms with Gasteiger partial charge >= 0.3 is 0 Å². The molecule has 2 aromatic rings. The highest BCUT2D eigenvalue weighted by Gasteiger charge is 1.95. The summed E-state index contributed by atoms with van der Waals surface area (Å²) in [4.78, 5) is 0. The summed E-state index contributed by atoms with van der Waals surface area (Å²) in [6.45, 7) is 1.85. The lowest BCUT2D eigenvalue weighted by molar-refractivity contribution is 0.695. The van der Waals surface area contributed by atoms with E-state index in [4.69, 9.17) is 0 Å². The van der Waals surface area contributed by atoms with Gasteiger partial charge in [-0.15, -0.1) is 0 Å². The summed E-state index contributed by atoms with van der Waals surface area (Å²) in [5, 5.41) is 7.70. The van der Waals surface area contributed by atoms with Crippen molar-refractivity contribution in [3.63, 3.8) is 0 Å². The first kappa shape index (κ1) is 10.9. The Kier molecular flexibility index (Phi) is 3.94. The summed E-state index contributed by atoms with van der Waals surface area (Å²) >= 11 is 5.21. The molecule has 1 heterocycles. The number of rotatable bonds is 4. The second-order valence-corrected chi connectivity index (χ2v) is 5.06. The summed E-state index contributed by atoms with van der Waals surface area (Å²) < 4.78 is 1.14. The third-order valence-electron chi connectivity index (χ3n) is 2.13. The van der Waals surface area contributed by atoms with E-state index in [1.165, 1.54) is 11.1 Å². The SMILES string of the molecule is Brc1cccc(CNCc2ccsc2)c1. The van der Waals surface area contributed by atoms with E-state index in [1.807, 2.05) is 6.07 Å². The molecule has 15 heavy (non-hydrogen) atoms. The Morgan fingerprint density at radius 2 is 2.00 bits per heavy atom. The van der Waals surface area contributed by atoms with E-state index in [-0.39, 0.29) is 0 Å². The van der Waals surface area contributed by atoms with Crippen LogP contribution in [0, 0.1) is 0 Å². The van der Waals surface area contributed by atoms with Gasteiger partial charge in [0, 0.05) is 17.6 Å². The lowest BCUT2D eigenvalue weighted by atomic mass is 10.2. The molecule has 0 aliphatic heterocycles. The van der Waals surface area contributed by atoms with Crippen molar-refractivity contribution in [3.8, 4) is 0 Å². The maximum Gasteiger partial charge on any atom is 0.0216 e. The predicted octanol–water partition coefficient (Wildman–Crippen LogP) is 3.80. The van der Waals surface area contributed by atoms with E-state index in [1.54, 1.807) is 11.3 Å². The molecule has 1 nitrogen and oxygen atoms in total. The smallest absolute Gasteiger partial charge is 0.0216 e. The third kappa shape index (κ3) is 3.45. The van der Waals surface area contributed by atoms with E-state index in [0.717, 1.165) is 17.6 Å². The number of hydrogen-bond donors (Lipinski definition) is 1. The second-order valence-electron chi connectivity index (χ2n) is 3.37. The largest absolute Gasteiger partial charge is 0.309 e. The zero-order valence-electron chi connectivity index (χ0n) is 8.24. The van der Waals surface area contributed by atoms with E-state index < -0.39 is 0 Å². The van der Waals surface area contributed by atoms with Gasteiger partial charge in [0.2, 0.25) is 0 Å². The first-order chi connectivity index (χ1) is 7.34. The Labute approximate surface area is 102 Å². The molecule has 0 saturated carbocycles. The highest BCUT2D eigenvalue weighted by atomic mass is 79.9. The van der Waals surface area contributed by atoms with Gasteiger partial charge in [0.25, 0.3) is 0 Å². The molecule has 1 N–H and O–H groups in total. The molecule has 78 valence electrons. The fourth-order valence-corrected chi connectivity index (χ4v) is 2.51. The fraction of sp³-hybridized carbons (Fsp3) is 0.167. The molecular weight excluding hydrogens is 270 g/mol. The predicted molar refractivity (Wildman–Crippen MR) is 69.0 cm³/mol. The monoisotopic (exact) mass is 281 g/mol. The van der Waals surface area contributed by atoms with Crippen LogP contribution in [-0.4, -0.2) is 0 Å². The van der Waals surface area contributed by atoms with Crippen LogP contribution in [0.4, 0.5) is 0 Å². The van der Waals surface area contributed by atoms with Crippen LogP contribution < -0.4 is 5.32 Å². The topological polar surface area (TPSA) is 12.0 Å². The van der Waals surface area contributed by atoms with Crippen molar-refractivity contribution in [2.45, 2.75) is 13.1 Å². The van der Waals surface area contributed by atoms with Crippen LogP contribution >= 0.6 is 27.3 Å². The first-order valence-electron chi connectivity index (χ1n) is 4.81. The molecule has 0 spiro atoms. The molecule has 1 aromatic heterocycles. The van der Waals surface area contributed by atoms with Crippen molar-refractivity contribution in [1.82, 2.24) is 5.32 Å². The van der Waals surface area contributed by atoms with Gasteiger partial charge in [-0.25, -0.2) is 0 Å². The van der Waals surface area contributed by atoms with Crippen LogP contribution in [0.5, 0.6) is 0 Å². The molecule has 0 aliphatic rings. The molecule has 1 aromatic carbocycles. The summed E-state index contributed by atoms with van der Waals surface area (Å²) in [7, 11) is 0. The van der Waals surface area contributed by atoms with Crippen LogP contribution in [0.3, 0.4) is 0 Å². The van der Waals surface area contributed by atoms with E-state index in [9.17, 15) is 0 Å². The van der Waals surface area contributed by atoms with Crippen molar-refractivity contribution >= 4 is 27.3 Å². The van der Waals surface area contributed by atoms with Crippen LogP contribution in [-0.2, 0) is 13.1 Å². The molecule has 0 saturated heterocycles. The van der Waals surface area contributed by atoms with Crippen molar-refractivity contribution in [2.24, 2.45) is 0 Å². The molecule has 2 rings (SSSR count). The fourth-order valence-electron chi connectivity index (χ4n) is 1.39. The third-order valence-corrected chi connectivity index (χ3v) is 3.35. The average Bonchev–Trinajstić information content (AvgIpc) is 2.71. The molecular formula is C12H12BrNS. The van der Waals surface area contributed by atoms with Crippen molar-refractivity contribution in [2.75, 3.05) is 0 Å². The number of halogens is 1. The highest BCUT2D eigenvalue weighted by Crippen LogP contribution is 2.11. The zero-order valence-corrected chi connectivity index (χ0v) is 10.6. The normalized spacial score (nSPS) is 10.5. The maximum atomic E-state index is 3.47. The number of thiophene rings is 1. The molecule has 0 aliphatic carbocycles. The van der Waals surface area contributed by atoms with Gasteiger partial charge in [-0.1, -0.05) is 28.1 Å². The lowest BCUT2D eigenvalue weighted by Crippen LogP contribution is -2.11. The summed E-state index contributed by atoms with van der Waals surface area (Å²) in [5.74, 6) is 0. The van der Waals surface area contributed by atoms with Crippen LogP contribution in [0.1, 0.15) is 11.1 Å². The lowest BCUT2D eigenvalue weighted by Gasteiger charge is -2.03. The van der Waals surface area contributed by atoms with Crippen molar-refractivity contribution in [1.29, 1.82) is 0 Å². The Balaban J connectivity index is 1.83. The van der Waals surface area contributed by atoms with E-state index >= 15 is 0 Å². The quantitative estimate of drug-likeness (QED) is 0.899. The summed E-state index contributed by atoms with van der Waals surface area (Å²) in [6, 6.07) is 10.5. The van der Waals surface area contributed by atoms with Gasteiger partial charge in [0.05, 0.1) is 0 Å². The molecule has 0 amide bonds. The van der Waals surface area contributed by atoms with Gasteiger partial charge in [0.15, 0.2) is 0 Å². The van der Waals surface area contributed by atoms with Gasteiger partial charge in [0.1, 0.15) is 0 Å². The minimum Gasteiger partial charge on any atom is -0.309 e. The first-order valence-corrected chi connectivity index (χ1v) is 6.54. The number of hydrogen-bond acceptors (Lipinski definition) is 2. The molecule has 0 atom stereocenters. The van der Waals surface area contributed by atoms with E-state index in [0.29, 0.717) is 0 Å². The Hall–Kier alpha value is -0.640. The molecule has 0 unspecified atom stereocenters. The van der Waals surface area contributed by atoms with Gasteiger partial charge in [-0.2, -0.15) is 11.3 Å². The summed E-state index contributed by atoms with van der Waals surface area (Å²) in [5.41, 5.74) is 2.66. The number of nitrogens with one attached hydrogen (secondary N) is 1. The number of benzene rings is 1. The standard InChI is InChI=1S/C12H12BrNS/c13-12-3-1-2-10(6-12)7-14-8-11-4-5-15-9-11/h1-6,9,14H,7-8H2. The zero-order chi connectivity index (χ0) is 10.5. The highest BCUT2D eigenvalue weighted by molar-refractivity contribution is 9.10. The maximum absolute atomic E-state index is 3.47. The van der Waals surface area contributed by atoms with Crippen LogP contribution in [0.15, 0.2) is 45.6 Å². The summed E-state index contributed by atoms with van der Waals surface area (Å²) in [6.07, 6.45) is 0. The van der Waals surface area contributed by atoms with Gasteiger partial charge in [-0.3, -0.25) is 0 Å². The van der Waals surface area contributed by atoms with Crippen molar-refractivity contribution < 1.29 is 0 Å². The van der Waals surface area contributed by atoms with Gasteiger partial charge < -0.3 is 5.32 Å². The Morgan fingerprint density at radius 3 is 2.73 bits per heavy atom. The van der Waals surface area contributed by atoms with Crippen LogP contribution in [0.25, 0.3) is 0 Å². The minimum atomic E-state index is 0.912. The molecule has 0 radical (unpaired) electrons. The minimum absolute atomic E-state index is 0.912. The Bertz CT molecular complexity index is 411. The second kappa shape index (κ2) is 5.45. The molecule has 0 bridgehead atoms. The Morgan fingerprint density at radius 1 is 1.13 bits per heavy atom.